The Kier molecular flexibility index (Phi) is 13.7. The van der Waals surface area contributed by atoms with Crippen molar-refractivity contribution < 1.29 is 17.9 Å². The number of nitrogens with one attached hydrogen (secondary N) is 2. The van der Waals surface area contributed by atoms with E-state index in [2.05, 4.69) is 26.9 Å². The molecule has 1 heterocycles. The fourth-order valence-corrected chi connectivity index (χ4v) is 2.42. The van der Waals surface area contributed by atoms with E-state index in [1.807, 2.05) is 6.92 Å². The highest BCUT2D eigenvalue weighted by atomic mass is 127. The first-order chi connectivity index (χ1) is 12.0. The fraction of sp³-hybridized carbons (Fsp3) is 0.625. The monoisotopic (exact) mass is 506 g/mol. The zero-order chi connectivity index (χ0) is 18.5. The van der Waals surface area contributed by atoms with E-state index in [1.165, 1.54) is 12.3 Å². The number of ether oxygens (including phenoxy) is 1. The third kappa shape index (κ3) is 10.3. The number of nitrogens with zero attached hydrogens (tertiary/aromatic N) is 2. The molecule has 26 heavy (non-hydrogen) atoms. The van der Waals surface area contributed by atoms with E-state index in [-0.39, 0.29) is 30.6 Å². The highest BCUT2D eigenvalue weighted by molar-refractivity contribution is 14.0. The topological polar surface area (TPSA) is 58.5 Å². The van der Waals surface area contributed by atoms with E-state index in [9.17, 15) is 13.2 Å². The molecule has 5 nitrogen and oxygen atoms in total. The summed E-state index contributed by atoms with van der Waals surface area (Å²) >= 11 is 1.81. The van der Waals surface area contributed by atoms with Crippen LogP contribution >= 0.6 is 35.7 Å². The van der Waals surface area contributed by atoms with E-state index in [0.29, 0.717) is 25.6 Å². The Hall–Kier alpha value is -0.910. The van der Waals surface area contributed by atoms with Crippen molar-refractivity contribution in [2.45, 2.75) is 25.9 Å². The van der Waals surface area contributed by atoms with Gasteiger partial charge in [-0.05, 0) is 43.9 Å². The molecule has 0 unspecified atom stereocenters. The van der Waals surface area contributed by atoms with Gasteiger partial charge >= 0.3 is 6.18 Å². The van der Waals surface area contributed by atoms with Gasteiger partial charge in [0.2, 0.25) is 5.88 Å². The predicted octanol–water partition coefficient (Wildman–Crippen LogP) is 3.80. The molecule has 0 fully saturated rings. The Labute approximate surface area is 174 Å². The van der Waals surface area contributed by atoms with E-state index in [1.54, 1.807) is 11.8 Å². The van der Waals surface area contributed by atoms with Crippen molar-refractivity contribution >= 4 is 41.7 Å². The van der Waals surface area contributed by atoms with Crippen molar-refractivity contribution in [3.8, 4) is 5.88 Å². The number of aromatic nitrogens is 1. The first-order valence-corrected chi connectivity index (χ1v) is 9.54. The summed E-state index contributed by atoms with van der Waals surface area (Å²) in [5.41, 5.74) is -0.871. The Morgan fingerprint density at radius 2 is 2.08 bits per heavy atom. The molecule has 0 radical (unpaired) electrons. The molecule has 1 aromatic rings. The zero-order valence-electron chi connectivity index (χ0n) is 14.9. The van der Waals surface area contributed by atoms with Crippen LogP contribution in [0.4, 0.5) is 13.2 Å². The minimum absolute atomic E-state index is 0. The molecule has 0 aromatic carbocycles. The van der Waals surface area contributed by atoms with Gasteiger partial charge < -0.3 is 15.4 Å². The van der Waals surface area contributed by atoms with Gasteiger partial charge in [-0.1, -0.05) is 0 Å². The molecule has 0 bridgehead atoms. The summed E-state index contributed by atoms with van der Waals surface area (Å²) in [6, 6.07) is 2.19. The van der Waals surface area contributed by atoms with Crippen LogP contribution in [0.5, 0.6) is 5.88 Å². The summed E-state index contributed by atoms with van der Waals surface area (Å²) in [7, 11) is 0. The van der Waals surface area contributed by atoms with Gasteiger partial charge in [-0.3, -0.25) is 4.99 Å². The van der Waals surface area contributed by atoms with E-state index < -0.39 is 17.6 Å². The molecule has 1 rings (SSSR count). The summed E-state index contributed by atoms with van der Waals surface area (Å²) in [5.74, 6) is 1.34. The number of thioether (sulfide) groups is 1. The summed E-state index contributed by atoms with van der Waals surface area (Å²) in [6.45, 7) is 3.73. The van der Waals surface area contributed by atoms with Crippen LogP contribution in [0, 0.1) is 0 Å². The van der Waals surface area contributed by atoms with Crippen molar-refractivity contribution in [2.24, 2.45) is 4.99 Å². The number of hydrogen-bond acceptors (Lipinski definition) is 4. The number of rotatable bonds is 10. The molecule has 10 heteroatoms. The van der Waals surface area contributed by atoms with Crippen LogP contribution in [0.2, 0.25) is 0 Å². The molecule has 1 aromatic heterocycles. The maximum atomic E-state index is 12.8. The fourth-order valence-electron chi connectivity index (χ4n) is 1.93. The summed E-state index contributed by atoms with van der Waals surface area (Å²) in [5, 5.41) is 6.13. The van der Waals surface area contributed by atoms with Crippen molar-refractivity contribution in [1.82, 2.24) is 15.6 Å². The molecule has 0 saturated heterocycles. The zero-order valence-corrected chi connectivity index (χ0v) is 18.1. The molecular formula is C16H26F3IN4OS. The van der Waals surface area contributed by atoms with Crippen LogP contribution < -0.4 is 15.4 Å². The largest absolute Gasteiger partial charge is 0.475 e. The van der Waals surface area contributed by atoms with Gasteiger partial charge in [-0.2, -0.15) is 24.9 Å². The van der Waals surface area contributed by atoms with Crippen molar-refractivity contribution in [1.29, 1.82) is 0 Å². The molecule has 0 aliphatic heterocycles. The van der Waals surface area contributed by atoms with Gasteiger partial charge in [0.1, 0.15) is 12.2 Å². The Morgan fingerprint density at radius 1 is 1.31 bits per heavy atom. The van der Waals surface area contributed by atoms with Crippen molar-refractivity contribution in [3.63, 3.8) is 0 Å². The average molecular weight is 506 g/mol. The third-order valence-electron chi connectivity index (χ3n) is 3.08. The van der Waals surface area contributed by atoms with Crippen LogP contribution in [-0.4, -0.2) is 49.2 Å². The van der Waals surface area contributed by atoms with Crippen LogP contribution in [0.25, 0.3) is 0 Å². The normalized spacial score (nSPS) is 11.7. The van der Waals surface area contributed by atoms with Gasteiger partial charge in [0.05, 0.1) is 6.54 Å². The van der Waals surface area contributed by atoms with E-state index >= 15 is 0 Å². The lowest BCUT2D eigenvalue weighted by atomic mass is 10.2. The molecular weight excluding hydrogens is 480 g/mol. The van der Waals surface area contributed by atoms with Crippen LogP contribution in [0.15, 0.2) is 23.3 Å². The van der Waals surface area contributed by atoms with Crippen LogP contribution in [-0.2, 0) is 6.18 Å². The highest BCUT2D eigenvalue weighted by Gasteiger charge is 2.34. The lowest BCUT2D eigenvalue weighted by Crippen LogP contribution is -2.39. The van der Waals surface area contributed by atoms with E-state index in [4.69, 9.17) is 4.74 Å². The first-order valence-electron chi connectivity index (χ1n) is 8.15. The minimum atomic E-state index is -4.48. The number of guanidine groups is 1. The second-order valence-corrected chi connectivity index (χ2v) is 6.08. The smallest absolute Gasteiger partial charge is 0.421 e. The van der Waals surface area contributed by atoms with Crippen molar-refractivity contribution in [3.05, 3.63) is 23.9 Å². The number of aliphatic imine (C=N–C) groups is 1. The molecule has 0 aliphatic carbocycles. The van der Waals surface area contributed by atoms with Crippen LogP contribution in [0.3, 0.4) is 0 Å². The summed E-state index contributed by atoms with van der Waals surface area (Å²) in [4.78, 5) is 8.08. The van der Waals surface area contributed by atoms with Gasteiger partial charge in [-0.25, -0.2) is 4.98 Å². The van der Waals surface area contributed by atoms with Crippen LogP contribution in [0.1, 0.15) is 25.3 Å². The molecule has 0 spiro atoms. The molecule has 0 aliphatic rings. The Balaban J connectivity index is 0.00000625. The highest BCUT2D eigenvalue weighted by Crippen LogP contribution is 2.34. The third-order valence-corrected chi connectivity index (χ3v) is 3.78. The second-order valence-electron chi connectivity index (χ2n) is 5.09. The quantitative estimate of drug-likeness (QED) is 0.219. The lowest BCUT2D eigenvalue weighted by molar-refractivity contribution is -0.139. The van der Waals surface area contributed by atoms with E-state index in [0.717, 1.165) is 24.7 Å². The lowest BCUT2D eigenvalue weighted by Gasteiger charge is -2.14. The standard InChI is InChI=1S/C16H25F3N4OS.HI/c1-3-20-15(22-8-4-5-12-25-2)23-10-11-24-14-13(16(17,18)19)7-6-9-21-14;/h6-7,9H,3-5,8,10-12H2,1-2H3,(H2,20,22,23);1H. The maximum absolute atomic E-state index is 12.8. The number of halogens is 4. The SMILES string of the molecule is CCNC(=NCCCCSC)NCCOc1ncccc1C(F)(F)F.I. The molecule has 0 amide bonds. The minimum Gasteiger partial charge on any atom is -0.475 e. The van der Waals surface area contributed by atoms with Crippen molar-refractivity contribution in [2.75, 3.05) is 38.2 Å². The maximum Gasteiger partial charge on any atom is 0.421 e. The average Bonchev–Trinajstić information content (AvgIpc) is 2.58. The molecule has 2 N–H and O–H groups in total. The first kappa shape index (κ1) is 25.1. The Morgan fingerprint density at radius 3 is 2.73 bits per heavy atom. The number of alkyl halides is 3. The van der Waals surface area contributed by atoms with Gasteiger partial charge in [0, 0.05) is 19.3 Å². The molecule has 0 saturated carbocycles. The van der Waals surface area contributed by atoms with Gasteiger partial charge in [-0.15, -0.1) is 24.0 Å². The number of hydrogen-bond donors (Lipinski definition) is 2. The number of unbranched alkanes of at least 4 members (excludes halogenated alkanes) is 1. The van der Waals surface area contributed by atoms with Gasteiger partial charge in [0.25, 0.3) is 0 Å². The second kappa shape index (κ2) is 14.2. The number of pyridine rings is 1. The Bertz CT molecular complexity index is 532. The summed E-state index contributed by atoms with van der Waals surface area (Å²) < 4.78 is 43.7. The predicted molar refractivity (Wildman–Crippen MR) is 112 cm³/mol. The molecule has 150 valence electrons. The summed E-state index contributed by atoms with van der Waals surface area (Å²) in [6.07, 6.45) is 0.965. The molecule has 0 atom stereocenters. The van der Waals surface area contributed by atoms with Gasteiger partial charge in [0.15, 0.2) is 5.96 Å².